The Labute approximate surface area is 57.3 Å². The predicted octanol–water partition coefficient (Wildman–Crippen LogP) is 2.92. The van der Waals surface area contributed by atoms with Crippen LogP contribution in [0.15, 0.2) is 24.8 Å². The van der Waals surface area contributed by atoms with Crippen LogP contribution in [0.5, 0.6) is 0 Å². The molecule has 0 heteroatoms. The predicted molar refractivity (Wildman–Crippen MR) is 41.3 cm³/mol. The zero-order valence-electron chi connectivity index (χ0n) is 5.84. The van der Waals surface area contributed by atoms with Gasteiger partial charge in [-0.1, -0.05) is 18.2 Å². The summed E-state index contributed by atoms with van der Waals surface area (Å²) in [4.78, 5) is 0. The normalized spacial score (nSPS) is 24.7. The Morgan fingerprint density at radius 2 is 2.56 bits per heavy atom. The Balaban J connectivity index is 2.12. The fourth-order valence-corrected chi connectivity index (χ4v) is 1.27. The Kier molecular flexibility index (Phi) is 2.56. The molecule has 0 heterocycles. The van der Waals surface area contributed by atoms with Crippen LogP contribution in [-0.2, 0) is 0 Å². The summed E-state index contributed by atoms with van der Waals surface area (Å²) < 4.78 is 0. The molecule has 0 bridgehead atoms. The van der Waals surface area contributed by atoms with E-state index in [4.69, 9.17) is 0 Å². The molecule has 0 saturated carbocycles. The third kappa shape index (κ3) is 2.05. The minimum atomic E-state index is 0.864. The summed E-state index contributed by atoms with van der Waals surface area (Å²) in [6, 6.07) is 0. The zero-order valence-corrected chi connectivity index (χ0v) is 5.84. The van der Waals surface area contributed by atoms with Crippen LogP contribution in [0, 0.1) is 5.92 Å². The molecule has 0 fully saturated rings. The molecular weight excluding hydrogens is 108 g/mol. The van der Waals surface area contributed by atoms with E-state index >= 15 is 0 Å². The van der Waals surface area contributed by atoms with Gasteiger partial charge in [-0.3, -0.25) is 0 Å². The van der Waals surface area contributed by atoms with E-state index in [9.17, 15) is 0 Å². The van der Waals surface area contributed by atoms with Crippen molar-refractivity contribution in [1.82, 2.24) is 0 Å². The molecule has 1 rings (SSSR count). The molecule has 0 saturated heterocycles. The van der Waals surface area contributed by atoms with Crippen LogP contribution >= 0.6 is 0 Å². The van der Waals surface area contributed by atoms with Crippen LogP contribution in [0.3, 0.4) is 0 Å². The van der Waals surface area contributed by atoms with Gasteiger partial charge in [0.05, 0.1) is 0 Å². The second-order valence-corrected chi connectivity index (χ2v) is 2.63. The first-order valence-corrected chi connectivity index (χ1v) is 3.71. The molecule has 0 radical (unpaired) electrons. The molecular formula is C9H14. The fraction of sp³-hybridized carbons (Fsp3) is 0.556. The molecule has 1 unspecified atom stereocenters. The summed E-state index contributed by atoms with van der Waals surface area (Å²) in [7, 11) is 0. The van der Waals surface area contributed by atoms with Gasteiger partial charge in [-0.25, -0.2) is 0 Å². The minimum absolute atomic E-state index is 0.864. The van der Waals surface area contributed by atoms with E-state index in [1.807, 2.05) is 6.08 Å². The van der Waals surface area contributed by atoms with Crippen molar-refractivity contribution in [2.75, 3.05) is 0 Å². The van der Waals surface area contributed by atoms with Gasteiger partial charge in [0.2, 0.25) is 0 Å². The van der Waals surface area contributed by atoms with Gasteiger partial charge in [-0.05, 0) is 31.6 Å². The standard InChI is InChI=1S/C9H14/c1-2-3-6-9-7-4-5-8-9/h2,4,7,9H,1,3,5-6,8H2. The molecule has 0 nitrogen and oxygen atoms in total. The van der Waals surface area contributed by atoms with Gasteiger partial charge < -0.3 is 0 Å². The van der Waals surface area contributed by atoms with Crippen LogP contribution in [-0.4, -0.2) is 0 Å². The Hall–Kier alpha value is -0.520. The molecule has 0 aromatic carbocycles. The fourth-order valence-electron chi connectivity index (χ4n) is 1.27. The molecule has 0 aliphatic heterocycles. The number of rotatable bonds is 3. The van der Waals surface area contributed by atoms with Crippen LogP contribution in [0.25, 0.3) is 0 Å². The maximum absolute atomic E-state index is 3.70. The van der Waals surface area contributed by atoms with Gasteiger partial charge in [0, 0.05) is 0 Å². The lowest BCUT2D eigenvalue weighted by Gasteiger charge is -2.02. The summed E-state index contributed by atoms with van der Waals surface area (Å²) in [5.41, 5.74) is 0. The highest BCUT2D eigenvalue weighted by atomic mass is 14.1. The first-order valence-electron chi connectivity index (χ1n) is 3.71. The van der Waals surface area contributed by atoms with E-state index in [0.29, 0.717) is 0 Å². The van der Waals surface area contributed by atoms with Gasteiger partial charge in [0.25, 0.3) is 0 Å². The van der Waals surface area contributed by atoms with Crippen molar-refractivity contribution in [3.05, 3.63) is 24.8 Å². The molecule has 0 aromatic rings. The summed E-state index contributed by atoms with van der Waals surface area (Å²) in [5.74, 6) is 0.864. The van der Waals surface area contributed by atoms with E-state index in [1.54, 1.807) is 0 Å². The summed E-state index contributed by atoms with van der Waals surface area (Å²) >= 11 is 0. The lowest BCUT2D eigenvalue weighted by molar-refractivity contribution is 0.585. The second-order valence-electron chi connectivity index (χ2n) is 2.63. The topological polar surface area (TPSA) is 0 Å². The molecule has 1 aliphatic carbocycles. The van der Waals surface area contributed by atoms with Crippen molar-refractivity contribution in [1.29, 1.82) is 0 Å². The first kappa shape index (κ1) is 6.60. The second kappa shape index (κ2) is 3.49. The average Bonchev–Trinajstić information content (AvgIpc) is 2.34. The van der Waals surface area contributed by atoms with E-state index in [0.717, 1.165) is 5.92 Å². The Morgan fingerprint density at radius 3 is 3.11 bits per heavy atom. The SMILES string of the molecule is C=CCCC1C=CCC1. The molecule has 0 aromatic heterocycles. The quantitative estimate of drug-likeness (QED) is 0.505. The molecule has 0 N–H and O–H groups in total. The van der Waals surface area contributed by atoms with Crippen molar-refractivity contribution in [2.45, 2.75) is 25.7 Å². The van der Waals surface area contributed by atoms with Crippen molar-refractivity contribution in [3.63, 3.8) is 0 Å². The van der Waals surface area contributed by atoms with Gasteiger partial charge in [0.1, 0.15) is 0 Å². The molecule has 50 valence electrons. The molecule has 1 atom stereocenters. The Bertz CT molecular complexity index is 111. The molecule has 0 amide bonds. The van der Waals surface area contributed by atoms with Crippen molar-refractivity contribution in [3.8, 4) is 0 Å². The highest BCUT2D eigenvalue weighted by Gasteiger charge is 2.06. The summed E-state index contributed by atoms with van der Waals surface area (Å²) in [6.07, 6.45) is 11.8. The molecule has 1 aliphatic rings. The van der Waals surface area contributed by atoms with Crippen LogP contribution in [0.4, 0.5) is 0 Å². The summed E-state index contributed by atoms with van der Waals surface area (Å²) in [6.45, 7) is 3.70. The van der Waals surface area contributed by atoms with E-state index < -0.39 is 0 Å². The van der Waals surface area contributed by atoms with Crippen molar-refractivity contribution >= 4 is 0 Å². The number of allylic oxidation sites excluding steroid dienone is 3. The van der Waals surface area contributed by atoms with Crippen LogP contribution < -0.4 is 0 Å². The highest BCUT2D eigenvalue weighted by molar-refractivity contribution is 4.96. The highest BCUT2D eigenvalue weighted by Crippen LogP contribution is 2.21. The van der Waals surface area contributed by atoms with E-state index in [2.05, 4.69) is 18.7 Å². The third-order valence-electron chi connectivity index (χ3n) is 1.85. The average molecular weight is 122 g/mol. The minimum Gasteiger partial charge on any atom is -0.103 e. The Morgan fingerprint density at radius 1 is 1.67 bits per heavy atom. The monoisotopic (exact) mass is 122 g/mol. The van der Waals surface area contributed by atoms with Gasteiger partial charge >= 0.3 is 0 Å². The molecule has 0 spiro atoms. The summed E-state index contributed by atoms with van der Waals surface area (Å²) in [5, 5.41) is 0. The zero-order chi connectivity index (χ0) is 6.53. The lowest BCUT2D eigenvalue weighted by atomic mass is 10.0. The lowest BCUT2D eigenvalue weighted by Crippen LogP contribution is -1.88. The van der Waals surface area contributed by atoms with Gasteiger partial charge in [0.15, 0.2) is 0 Å². The molecule has 9 heavy (non-hydrogen) atoms. The number of hydrogen-bond donors (Lipinski definition) is 0. The van der Waals surface area contributed by atoms with Gasteiger partial charge in [-0.2, -0.15) is 0 Å². The first-order chi connectivity index (χ1) is 4.43. The maximum Gasteiger partial charge on any atom is -0.0228 e. The number of hydrogen-bond acceptors (Lipinski definition) is 0. The smallest absolute Gasteiger partial charge is 0.0228 e. The van der Waals surface area contributed by atoms with E-state index in [-0.39, 0.29) is 0 Å². The van der Waals surface area contributed by atoms with Crippen molar-refractivity contribution in [2.24, 2.45) is 5.92 Å². The largest absolute Gasteiger partial charge is 0.103 e. The van der Waals surface area contributed by atoms with Crippen LogP contribution in [0.1, 0.15) is 25.7 Å². The van der Waals surface area contributed by atoms with E-state index in [1.165, 1.54) is 25.7 Å². The van der Waals surface area contributed by atoms with Crippen LogP contribution in [0.2, 0.25) is 0 Å². The maximum atomic E-state index is 3.70. The third-order valence-corrected chi connectivity index (χ3v) is 1.85. The van der Waals surface area contributed by atoms with Crippen molar-refractivity contribution < 1.29 is 0 Å². The van der Waals surface area contributed by atoms with Gasteiger partial charge in [-0.15, -0.1) is 6.58 Å².